The molecule has 0 radical (unpaired) electrons. The van der Waals surface area contributed by atoms with Crippen molar-refractivity contribution >= 4 is 34.4 Å². The second-order valence-corrected chi connectivity index (χ2v) is 10.5. The van der Waals surface area contributed by atoms with Gasteiger partial charge in [-0.15, -0.1) is 0 Å². The molecule has 0 saturated carbocycles. The average Bonchev–Trinajstić information content (AvgIpc) is 3.30. The minimum Gasteiger partial charge on any atom is -0.465 e. The highest BCUT2D eigenvalue weighted by Crippen LogP contribution is 2.31. The predicted octanol–water partition coefficient (Wildman–Crippen LogP) is 4.82. The number of aromatic nitrogens is 3. The summed E-state index contributed by atoms with van der Waals surface area (Å²) >= 11 is 0. The molecule has 0 atom stereocenters. The topological polar surface area (TPSA) is 122 Å². The van der Waals surface area contributed by atoms with Gasteiger partial charge in [-0.1, -0.05) is 6.92 Å². The number of nitrogens with zero attached hydrogens (tertiary/aromatic N) is 4. The number of carbonyl (C=O) groups excluding carboxylic acids is 1. The van der Waals surface area contributed by atoms with Gasteiger partial charge in [0.05, 0.1) is 17.3 Å². The van der Waals surface area contributed by atoms with Crippen LogP contribution in [0.3, 0.4) is 0 Å². The molecular formula is C28H38N6O4. The molecule has 0 unspecified atom stereocenters. The third kappa shape index (κ3) is 5.75. The molecule has 1 fully saturated rings. The number of carboxylic acid groups (broad SMARTS) is 1. The van der Waals surface area contributed by atoms with Gasteiger partial charge < -0.3 is 20.5 Å². The number of nitrogens with one attached hydrogen (secondary N) is 2. The fraction of sp³-hybridized carbons (Fsp3) is 0.500. The van der Waals surface area contributed by atoms with Gasteiger partial charge in [0.1, 0.15) is 0 Å². The van der Waals surface area contributed by atoms with Crippen LogP contribution in [0.25, 0.3) is 11.0 Å². The van der Waals surface area contributed by atoms with Crippen molar-refractivity contribution in [3.05, 3.63) is 47.3 Å². The number of ether oxygens (including phenoxy) is 1. The van der Waals surface area contributed by atoms with Gasteiger partial charge in [0.25, 0.3) is 5.91 Å². The normalized spacial score (nSPS) is 14.4. The molecule has 3 N–H and O–H groups in total. The van der Waals surface area contributed by atoms with Crippen LogP contribution in [0, 0.1) is 0 Å². The van der Waals surface area contributed by atoms with Gasteiger partial charge in [0.2, 0.25) is 0 Å². The van der Waals surface area contributed by atoms with Gasteiger partial charge in [-0.3, -0.25) is 9.69 Å². The van der Waals surface area contributed by atoms with Crippen LogP contribution in [0.5, 0.6) is 0 Å². The lowest BCUT2D eigenvalue weighted by molar-refractivity contribution is 0.0904. The van der Waals surface area contributed by atoms with Gasteiger partial charge in [0.15, 0.2) is 5.65 Å². The second kappa shape index (κ2) is 11.4. The zero-order chi connectivity index (χ0) is 27.4. The fourth-order valence-corrected chi connectivity index (χ4v) is 4.92. The van der Waals surface area contributed by atoms with E-state index in [9.17, 15) is 14.7 Å². The zero-order valence-corrected chi connectivity index (χ0v) is 22.9. The summed E-state index contributed by atoms with van der Waals surface area (Å²) in [6.45, 7) is 12.1. The molecule has 1 aliphatic rings. The molecule has 3 heterocycles. The highest BCUT2D eigenvalue weighted by Gasteiger charge is 2.28. The minimum absolute atomic E-state index is 0.238. The summed E-state index contributed by atoms with van der Waals surface area (Å²) < 4.78 is 7.44. The smallest absolute Gasteiger partial charge is 0.412 e. The molecule has 10 nitrogen and oxygen atoms in total. The Bertz CT molecular complexity index is 1290. The number of carbonyl (C=O) groups is 2. The van der Waals surface area contributed by atoms with E-state index in [0.717, 1.165) is 60.6 Å². The Balaban J connectivity index is 1.60. The van der Waals surface area contributed by atoms with Crippen molar-refractivity contribution in [2.24, 2.45) is 0 Å². The molecule has 0 spiro atoms. The second-order valence-electron chi connectivity index (χ2n) is 10.5. The first-order valence-electron chi connectivity index (χ1n) is 13.3. The van der Waals surface area contributed by atoms with Gasteiger partial charge in [-0.2, -0.15) is 5.10 Å². The van der Waals surface area contributed by atoms with Crippen LogP contribution in [0.1, 0.15) is 69.1 Å². The lowest BCUT2D eigenvalue weighted by Crippen LogP contribution is -2.45. The maximum atomic E-state index is 13.1. The summed E-state index contributed by atoms with van der Waals surface area (Å²) in [4.78, 5) is 31.1. The maximum Gasteiger partial charge on any atom is 0.412 e. The maximum absolute atomic E-state index is 13.1. The third-order valence-electron chi connectivity index (χ3n) is 6.85. The van der Waals surface area contributed by atoms with Crippen LogP contribution >= 0.6 is 0 Å². The number of amides is 2. The largest absolute Gasteiger partial charge is 0.465 e. The first-order valence-corrected chi connectivity index (χ1v) is 13.3. The number of hydrogen-bond donors (Lipinski definition) is 3. The molecule has 0 aliphatic carbocycles. The van der Waals surface area contributed by atoms with E-state index in [1.807, 2.05) is 38.6 Å². The van der Waals surface area contributed by atoms with Crippen LogP contribution < -0.4 is 15.5 Å². The first kappa shape index (κ1) is 27.4. The van der Waals surface area contributed by atoms with Crippen LogP contribution in [0.15, 0.2) is 30.5 Å². The van der Waals surface area contributed by atoms with Crippen molar-refractivity contribution in [1.82, 2.24) is 20.1 Å². The van der Waals surface area contributed by atoms with Crippen molar-refractivity contribution in [3.8, 4) is 0 Å². The molecule has 38 heavy (non-hydrogen) atoms. The number of pyridine rings is 1. The Morgan fingerprint density at radius 3 is 2.42 bits per heavy atom. The Morgan fingerprint density at radius 1 is 1.16 bits per heavy atom. The van der Waals surface area contributed by atoms with Gasteiger partial charge in [0, 0.05) is 60.4 Å². The van der Waals surface area contributed by atoms with E-state index >= 15 is 0 Å². The lowest BCUT2D eigenvalue weighted by atomic mass is 10.0. The predicted molar refractivity (Wildman–Crippen MR) is 148 cm³/mol. The summed E-state index contributed by atoms with van der Waals surface area (Å²) in [6, 6.07) is 6.90. The molecule has 2 amide bonds. The highest BCUT2D eigenvalue weighted by molar-refractivity contribution is 5.96. The fourth-order valence-electron chi connectivity index (χ4n) is 4.92. The van der Waals surface area contributed by atoms with Gasteiger partial charge in [-0.25, -0.2) is 14.5 Å². The van der Waals surface area contributed by atoms with Crippen molar-refractivity contribution in [1.29, 1.82) is 0 Å². The number of hydrogen-bond acceptors (Lipinski definition) is 6. The van der Waals surface area contributed by atoms with Crippen molar-refractivity contribution < 1.29 is 19.4 Å². The molecule has 1 saturated heterocycles. The molecule has 3 aromatic rings. The SMILES string of the molecule is CCc1nc2c(cnn2CC)c(NC2CCOCC2)c1CNC(=O)c1ccc(N(C(=O)O)C(C)(C)C)cc1. The summed E-state index contributed by atoms with van der Waals surface area (Å²) in [6.07, 6.45) is 3.34. The van der Waals surface area contributed by atoms with E-state index in [-0.39, 0.29) is 11.9 Å². The van der Waals surface area contributed by atoms with E-state index in [4.69, 9.17) is 9.72 Å². The molecular weight excluding hydrogens is 484 g/mol. The van der Waals surface area contributed by atoms with Crippen LogP contribution in [0.4, 0.5) is 16.2 Å². The molecule has 1 aliphatic heterocycles. The van der Waals surface area contributed by atoms with E-state index < -0.39 is 11.6 Å². The van der Waals surface area contributed by atoms with E-state index in [2.05, 4.69) is 22.7 Å². The molecule has 0 bridgehead atoms. The number of aryl methyl sites for hydroxylation is 2. The monoisotopic (exact) mass is 522 g/mol. The summed E-state index contributed by atoms with van der Waals surface area (Å²) in [5, 5.41) is 21.9. The molecule has 10 heteroatoms. The van der Waals surface area contributed by atoms with Crippen LogP contribution in [0.2, 0.25) is 0 Å². The first-order chi connectivity index (χ1) is 18.1. The molecule has 2 aromatic heterocycles. The summed E-state index contributed by atoms with van der Waals surface area (Å²) in [7, 11) is 0. The van der Waals surface area contributed by atoms with Gasteiger partial charge >= 0.3 is 6.09 Å². The zero-order valence-electron chi connectivity index (χ0n) is 22.9. The molecule has 1 aromatic carbocycles. The van der Waals surface area contributed by atoms with Crippen molar-refractivity contribution in [3.63, 3.8) is 0 Å². The summed E-state index contributed by atoms with van der Waals surface area (Å²) in [5.41, 5.74) is 4.04. The van der Waals surface area contributed by atoms with Crippen LogP contribution in [-0.4, -0.2) is 56.7 Å². The number of anilines is 2. The number of rotatable bonds is 8. The highest BCUT2D eigenvalue weighted by atomic mass is 16.5. The van der Waals surface area contributed by atoms with Gasteiger partial charge in [-0.05, 0) is 71.2 Å². The Kier molecular flexibility index (Phi) is 8.20. The lowest BCUT2D eigenvalue weighted by Gasteiger charge is -2.33. The Hall–Kier alpha value is -3.66. The third-order valence-corrected chi connectivity index (χ3v) is 6.85. The minimum atomic E-state index is -1.04. The molecule has 4 rings (SSSR count). The average molecular weight is 523 g/mol. The van der Waals surface area contributed by atoms with Crippen molar-refractivity contribution in [2.75, 3.05) is 23.4 Å². The van der Waals surface area contributed by atoms with E-state index in [0.29, 0.717) is 24.2 Å². The van der Waals surface area contributed by atoms with Crippen LogP contribution in [-0.2, 0) is 24.2 Å². The number of benzene rings is 1. The summed E-state index contributed by atoms with van der Waals surface area (Å²) in [5.74, 6) is -0.238. The Labute approximate surface area is 223 Å². The quantitative estimate of drug-likeness (QED) is 0.388. The standard InChI is InChI=1S/C28H38N6O4/c1-6-23-21(16-29-26(35)18-8-10-20(11-9-18)34(27(36)37)28(3,4)5)24(31-19-12-14-38-15-13-19)22-17-30-33(7-2)25(22)32-23/h8-11,17,19H,6-7,12-16H2,1-5H3,(H,29,35)(H,31,32)(H,36,37). The van der Waals surface area contributed by atoms with E-state index in [1.54, 1.807) is 24.3 Å². The molecule has 204 valence electrons. The van der Waals surface area contributed by atoms with E-state index in [1.165, 1.54) is 4.90 Å². The van der Waals surface area contributed by atoms with Crippen molar-refractivity contribution in [2.45, 2.75) is 78.6 Å². The Morgan fingerprint density at radius 2 is 1.84 bits per heavy atom. The number of fused-ring (bicyclic) bond motifs is 1.